The molecule has 3 rings (SSSR count). The number of esters is 4. The van der Waals surface area contributed by atoms with Crippen LogP contribution in [0.15, 0.2) is 30.3 Å². The largest absolute Gasteiger partial charge is 0.460 e. The molecule has 2 fully saturated rings. The van der Waals surface area contributed by atoms with Gasteiger partial charge < -0.3 is 43.0 Å². The molecule has 0 aromatic heterocycles. The Morgan fingerprint density at radius 3 is 1.95 bits per heavy atom. The zero-order valence-corrected chi connectivity index (χ0v) is 23.2. The zero-order chi connectivity index (χ0) is 29.6. The van der Waals surface area contributed by atoms with E-state index in [9.17, 15) is 24.3 Å². The molecule has 1 aromatic carbocycles. The van der Waals surface area contributed by atoms with Crippen molar-refractivity contribution in [3.8, 4) is 0 Å². The van der Waals surface area contributed by atoms with E-state index in [1.807, 2.05) is 30.3 Å². The van der Waals surface area contributed by atoms with Crippen LogP contribution in [0, 0.1) is 0 Å². The van der Waals surface area contributed by atoms with Gasteiger partial charge in [-0.05, 0) is 19.4 Å². The van der Waals surface area contributed by atoms with E-state index in [-0.39, 0.29) is 6.61 Å². The van der Waals surface area contributed by atoms with Crippen molar-refractivity contribution in [2.75, 3.05) is 0 Å². The first-order chi connectivity index (χ1) is 18.9. The Balaban J connectivity index is 1.92. The number of aliphatic hydroxyl groups excluding tert-OH is 1. The summed E-state index contributed by atoms with van der Waals surface area (Å²) in [5, 5.41) is 10.9. The van der Waals surface area contributed by atoms with Crippen molar-refractivity contribution < 1.29 is 62.2 Å². The van der Waals surface area contributed by atoms with Gasteiger partial charge in [0.05, 0.1) is 12.7 Å². The van der Waals surface area contributed by atoms with Crippen molar-refractivity contribution >= 4 is 23.9 Å². The minimum absolute atomic E-state index is 0.102. The quantitative estimate of drug-likeness (QED) is 0.316. The van der Waals surface area contributed by atoms with E-state index in [0.29, 0.717) is 0 Å². The van der Waals surface area contributed by atoms with Gasteiger partial charge in [0, 0.05) is 27.7 Å². The zero-order valence-electron chi connectivity index (χ0n) is 23.2. The van der Waals surface area contributed by atoms with Crippen molar-refractivity contribution in [3.05, 3.63) is 35.9 Å². The van der Waals surface area contributed by atoms with Crippen LogP contribution in [0.25, 0.3) is 0 Å². The molecule has 2 aliphatic rings. The Kier molecular flexibility index (Phi) is 11.0. The molecule has 13 heteroatoms. The summed E-state index contributed by atoms with van der Waals surface area (Å²) >= 11 is 0. The molecule has 2 heterocycles. The average molecular weight is 569 g/mol. The second-order valence-corrected chi connectivity index (χ2v) is 9.60. The lowest BCUT2D eigenvalue weighted by molar-refractivity contribution is -0.323. The highest BCUT2D eigenvalue weighted by Crippen LogP contribution is 2.35. The normalized spacial score (nSPS) is 32.5. The summed E-state index contributed by atoms with van der Waals surface area (Å²) in [6, 6.07) is 9.20. The summed E-state index contributed by atoms with van der Waals surface area (Å²) in [5.74, 6) is -2.71. The standard InChI is InChI=1S/C27H36O13/c1-13(34-15(3)28)20-22(33-12-19-10-8-7-9-11-19)24(26(32)39-20)40-27-25(38-18(6)31)23(37-17(5)30)21(14(2)35-27)36-16(4)29/h7-11,13-14,20-27,32H,12H2,1-6H3/t13-,14-,20+,21+,22-,23+,24-,25-,26-,27+/m0/s1. The van der Waals surface area contributed by atoms with Crippen LogP contribution in [0.2, 0.25) is 0 Å². The molecule has 0 unspecified atom stereocenters. The van der Waals surface area contributed by atoms with Gasteiger partial charge in [-0.1, -0.05) is 30.3 Å². The predicted octanol–water partition coefficient (Wildman–Crippen LogP) is 1.17. The Morgan fingerprint density at radius 2 is 1.38 bits per heavy atom. The Labute approximate surface area is 231 Å². The summed E-state index contributed by atoms with van der Waals surface area (Å²) in [5.41, 5.74) is 0.820. The van der Waals surface area contributed by atoms with Gasteiger partial charge in [-0.15, -0.1) is 0 Å². The molecule has 0 spiro atoms. The number of ether oxygens (including phenoxy) is 8. The van der Waals surface area contributed by atoms with Gasteiger partial charge in [0.1, 0.15) is 24.4 Å². The van der Waals surface area contributed by atoms with E-state index < -0.39 is 85.3 Å². The maximum Gasteiger partial charge on any atom is 0.303 e. The number of carbonyl (C=O) groups is 4. The van der Waals surface area contributed by atoms with Crippen LogP contribution in [0.1, 0.15) is 47.1 Å². The minimum Gasteiger partial charge on any atom is -0.460 e. The third-order valence-electron chi connectivity index (χ3n) is 6.25. The maximum atomic E-state index is 12.0. The Morgan fingerprint density at radius 1 is 0.800 bits per heavy atom. The van der Waals surface area contributed by atoms with Gasteiger partial charge in [-0.3, -0.25) is 19.2 Å². The predicted molar refractivity (Wildman–Crippen MR) is 133 cm³/mol. The number of hydrogen-bond acceptors (Lipinski definition) is 13. The molecule has 13 nitrogen and oxygen atoms in total. The Hall–Kier alpha value is -3.10. The van der Waals surface area contributed by atoms with Crippen molar-refractivity contribution in [1.29, 1.82) is 0 Å². The van der Waals surface area contributed by atoms with E-state index in [2.05, 4.69) is 0 Å². The molecule has 0 radical (unpaired) electrons. The molecule has 2 aliphatic heterocycles. The first-order valence-electron chi connectivity index (χ1n) is 12.9. The molecule has 10 atom stereocenters. The van der Waals surface area contributed by atoms with Crippen LogP contribution in [0.3, 0.4) is 0 Å². The third-order valence-corrected chi connectivity index (χ3v) is 6.25. The van der Waals surface area contributed by atoms with Gasteiger partial charge in [-0.25, -0.2) is 0 Å². The smallest absolute Gasteiger partial charge is 0.303 e. The van der Waals surface area contributed by atoms with E-state index >= 15 is 0 Å². The fraction of sp³-hybridized carbons (Fsp3) is 0.630. The lowest BCUT2D eigenvalue weighted by Crippen LogP contribution is -2.62. The van der Waals surface area contributed by atoms with Gasteiger partial charge >= 0.3 is 23.9 Å². The minimum atomic E-state index is -1.57. The topological polar surface area (TPSA) is 162 Å². The second kappa shape index (κ2) is 14.0. The summed E-state index contributed by atoms with van der Waals surface area (Å²) in [6.45, 7) is 7.94. The van der Waals surface area contributed by atoms with E-state index in [1.165, 1.54) is 13.8 Å². The average Bonchev–Trinajstić information content (AvgIpc) is 3.17. The van der Waals surface area contributed by atoms with Gasteiger partial charge in [0.15, 0.2) is 30.9 Å². The first-order valence-corrected chi connectivity index (χ1v) is 12.9. The van der Waals surface area contributed by atoms with Crippen LogP contribution < -0.4 is 0 Å². The van der Waals surface area contributed by atoms with Gasteiger partial charge in [0.2, 0.25) is 0 Å². The summed E-state index contributed by atoms with van der Waals surface area (Å²) in [7, 11) is 0. The van der Waals surface area contributed by atoms with E-state index in [4.69, 9.17) is 37.9 Å². The van der Waals surface area contributed by atoms with Crippen LogP contribution in [0.4, 0.5) is 0 Å². The lowest BCUT2D eigenvalue weighted by Gasteiger charge is -2.44. The summed E-state index contributed by atoms with van der Waals surface area (Å²) < 4.78 is 45.3. The maximum absolute atomic E-state index is 12.0. The van der Waals surface area contributed by atoms with Crippen LogP contribution in [0.5, 0.6) is 0 Å². The number of rotatable bonds is 10. The molecule has 2 saturated heterocycles. The SMILES string of the molecule is CC(=O)O[C@H]1[C@H](OC(C)=O)[C@@H](O[C@H]2[C@@H](OCc3ccccc3)[C@@H]([C@H](C)OC(C)=O)O[C@@H]2O)O[C@@H](C)[C@H]1OC(C)=O. The number of carbonyl (C=O) groups excluding carboxylic acids is 4. The first kappa shape index (κ1) is 31.4. The fourth-order valence-corrected chi connectivity index (χ4v) is 4.71. The third kappa shape index (κ3) is 8.21. The van der Waals surface area contributed by atoms with Gasteiger partial charge in [-0.2, -0.15) is 0 Å². The van der Waals surface area contributed by atoms with Crippen molar-refractivity contribution in [2.45, 2.75) is 110 Å². The molecular formula is C27H36O13. The van der Waals surface area contributed by atoms with E-state index in [1.54, 1.807) is 13.8 Å². The lowest BCUT2D eigenvalue weighted by atomic mass is 9.98. The van der Waals surface area contributed by atoms with Crippen molar-refractivity contribution in [2.24, 2.45) is 0 Å². The summed E-state index contributed by atoms with van der Waals surface area (Å²) in [4.78, 5) is 47.4. The van der Waals surface area contributed by atoms with Crippen LogP contribution >= 0.6 is 0 Å². The molecular weight excluding hydrogens is 532 g/mol. The molecule has 40 heavy (non-hydrogen) atoms. The monoisotopic (exact) mass is 568 g/mol. The molecule has 0 amide bonds. The van der Waals surface area contributed by atoms with E-state index in [0.717, 1.165) is 19.4 Å². The second-order valence-electron chi connectivity index (χ2n) is 9.60. The number of hydrogen-bond donors (Lipinski definition) is 1. The molecule has 0 aliphatic carbocycles. The highest BCUT2D eigenvalue weighted by molar-refractivity contribution is 5.68. The molecule has 1 aromatic rings. The van der Waals surface area contributed by atoms with Crippen LogP contribution in [-0.4, -0.2) is 90.4 Å². The number of benzene rings is 1. The van der Waals surface area contributed by atoms with Crippen molar-refractivity contribution in [3.63, 3.8) is 0 Å². The van der Waals surface area contributed by atoms with Crippen molar-refractivity contribution in [1.82, 2.24) is 0 Å². The Bertz CT molecular complexity index is 1030. The van der Waals surface area contributed by atoms with Crippen LogP contribution in [-0.2, 0) is 63.7 Å². The molecule has 1 N–H and O–H groups in total. The highest BCUT2D eigenvalue weighted by atomic mass is 16.8. The molecule has 222 valence electrons. The number of aliphatic hydroxyl groups is 1. The van der Waals surface area contributed by atoms with Gasteiger partial charge in [0.25, 0.3) is 0 Å². The molecule has 0 bridgehead atoms. The summed E-state index contributed by atoms with van der Waals surface area (Å²) in [6.07, 6.45) is -11.7. The fourth-order valence-electron chi connectivity index (χ4n) is 4.71. The molecule has 0 saturated carbocycles. The highest BCUT2D eigenvalue weighted by Gasteiger charge is 2.55.